The molecule has 0 amide bonds. The van der Waals surface area contributed by atoms with E-state index in [0.29, 0.717) is 5.82 Å². The first-order valence-corrected chi connectivity index (χ1v) is 17.4. The maximum Gasteiger partial charge on any atom is 0.160 e. The molecule has 10 aromatic rings. The number of rotatable bonds is 4. The van der Waals surface area contributed by atoms with Crippen molar-refractivity contribution in [1.29, 1.82) is 0 Å². The summed E-state index contributed by atoms with van der Waals surface area (Å²) in [6.45, 7) is 0. The maximum atomic E-state index is 5.40. The van der Waals surface area contributed by atoms with Crippen molar-refractivity contribution in [3.8, 4) is 45.0 Å². The molecule has 3 heteroatoms. The molecule has 0 radical (unpaired) electrons. The van der Waals surface area contributed by atoms with Crippen LogP contribution in [-0.2, 0) is 0 Å². The molecule has 49 heavy (non-hydrogen) atoms. The monoisotopic (exact) mass is 640 g/mol. The maximum absolute atomic E-state index is 5.40. The van der Waals surface area contributed by atoms with Gasteiger partial charge in [0.1, 0.15) is 0 Å². The van der Waals surface area contributed by atoms with E-state index in [4.69, 9.17) is 9.97 Å². The molecule has 10 rings (SSSR count). The first kappa shape index (κ1) is 27.9. The lowest BCUT2D eigenvalue weighted by Crippen LogP contribution is -1.97. The number of thiophene rings is 1. The Morgan fingerprint density at radius 3 is 1.88 bits per heavy atom. The van der Waals surface area contributed by atoms with Gasteiger partial charge in [-0.2, -0.15) is 0 Å². The summed E-state index contributed by atoms with van der Waals surface area (Å²) in [5.74, 6) is 0.715. The summed E-state index contributed by atoms with van der Waals surface area (Å²) < 4.78 is 2.52. The third kappa shape index (κ3) is 4.62. The molecule has 2 aromatic heterocycles. The fourth-order valence-corrected chi connectivity index (χ4v) is 8.55. The first-order chi connectivity index (χ1) is 24.3. The minimum Gasteiger partial charge on any atom is -0.228 e. The van der Waals surface area contributed by atoms with E-state index in [1.165, 1.54) is 63.6 Å². The van der Waals surface area contributed by atoms with Crippen LogP contribution in [-0.4, -0.2) is 9.97 Å². The van der Waals surface area contributed by atoms with Crippen molar-refractivity contribution in [1.82, 2.24) is 9.97 Å². The lowest BCUT2D eigenvalue weighted by Gasteiger charge is -2.15. The number of nitrogens with zero attached hydrogens (tertiary/aromatic N) is 2. The summed E-state index contributed by atoms with van der Waals surface area (Å²) in [7, 11) is 0. The predicted octanol–water partition coefficient (Wildman–Crippen LogP) is 13.0. The van der Waals surface area contributed by atoms with Crippen LogP contribution in [0.3, 0.4) is 0 Å². The van der Waals surface area contributed by atoms with Gasteiger partial charge in [-0.25, -0.2) is 9.97 Å². The zero-order valence-electron chi connectivity index (χ0n) is 26.5. The molecule has 8 aromatic carbocycles. The molecule has 0 unspecified atom stereocenters. The first-order valence-electron chi connectivity index (χ1n) is 16.6. The molecule has 2 nitrogen and oxygen atoms in total. The molecule has 0 aliphatic heterocycles. The molecule has 0 fully saturated rings. The average Bonchev–Trinajstić information content (AvgIpc) is 3.56. The van der Waals surface area contributed by atoms with E-state index in [-0.39, 0.29) is 0 Å². The van der Waals surface area contributed by atoms with Crippen molar-refractivity contribution in [2.75, 3.05) is 0 Å². The topological polar surface area (TPSA) is 25.8 Å². The number of fused-ring (bicyclic) bond motifs is 7. The van der Waals surface area contributed by atoms with Crippen LogP contribution in [0.5, 0.6) is 0 Å². The van der Waals surface area contributed by atoms with Gasteiger partial charge in [-0.1, -0.05) is 152 Å². The number of aromatic nitrogens is 2. The van der Waals surface area contributed by atoms with Gasteiger partial charge in [0, 0.05) is 36.9 Å². The van der Waals surface area contributed by atoms with Crippen LogP contribution in [0.25, 0.3) is 97.5 Å². The third-order valence-electron chi connectivity index (χ3n) is 9.68. The second kappa shape index (κ2) is 11.2. The summed E-state index contributed by atoms with van der Waals surface area (Å²) in [5.41, 5.74) is 7.44. The summed E-state index contributed by atoms with van der Waals surface area (Å²) in [6, 6.07) is 60.8. The Labute approximate surface area is 287 Å². The highest BCUT2D eigenvalue weighted by atomic mass is 32.1. The minimum absolute atomic E-state index is 0.715. The zero-order chi connectivity index (χ0) is 32.3. The summed E-state index contributed by atoms with van der Waals surface area (Å²) in [4.78, 5) is 10.7. The molecule has 0 saturated heterocycles. The zero-order valence-corrected chi connectivity index (χ0v) is 27.3. The molecule has 0 spiro atoms. The van der Waals surface area contributed by atoms with Gasteiger partial charge in [0.25, 0.3) is 0 Å². The van der Waals surface area contributed by atoms with Crippen molar-refractivity contribution in [3.05, 3.63) is 170 Å². The van der Waals surface area contributed by atoms with Crippen LogP contribution >= 0.6 is 11.3 Å². The SMILES string of the molecule is c1ccc(-c2ccc(-c3nc(-c4c5ccccc5cc5c4ccc4ccccc45)cc(-c4cccc5c4sc4ccccc45)n3)cc2)cc1. The molecule has 2 heterocycles. The van der Waals surface area contributed by atoms with E-state index in [2.05, 4.69) is 170 Å². The van der Waals surface area contributed by atoms with Crippen LogP contribution < -0.4 is 0 Å². The van der Waals surface area contributed by atoms with Gasteiger partial charge < -0.3 is 0 Å². The standard InChI is InChI=1S/C46H28N2S/c1-2-11-29(12-3-1)30-21-23-32(24-22-30)46-47-41(39-19-10-18-38-36-17-8-9-20-43(36)49-45(38)39)28-42(48-46)44-35-16-7-5-14-33(35)27-40-34-15-6-4-13-31(34)25-26-37(40)44/h1-28H. The Morgan fingerprint density at radius 2 is 1.02 bits per heavy atom. The molecule has 0 aliphatic rings. The molecule has 228 valence electrons. The Hall–Kier alpha value is -6.16. The van der Waals surface area contributed by atoms with Crippen molar-refractivity contribution in [3.63, 3.8) is 0 Å². The van der Waals surface area contributed by atoms with Crippen molar-refractivity contribution < 1.29 is 0 Å². The van der Waals surface area contributed by atoms with E-state index >= 15 is 0 Å². The second-order valence-corrected chi connectivity index (χ2v) is 13.6. The lowest BCUT2D eigenvalue weighted by molar-refractivity contribution is 1.19. The predicted molar refractivity (Wildman–Crippen MR) is 209 cm³/mol. The highest BCUT2D eigenvalue weighted by Gasteiger charge is 2.19. The molecule has 0 N–H and O–H groups in total. The van der Waals surface area contributed by atoms with Crippen LogP contribution in [0.15, 0.2) is 170 Å². The van der Waals surface area contributed by atoms with Gasteiger partial charge in [0.05, 0.1) is 11.4 Å². The van der Waals surface area contributed by atoms with Crippen LogP contribution in [0.4, 0.5) is 0 Å². The van der Waals surface area contributed by atoms with Gasteiger partial charge >= 0.3 is 0 Å². The summed E-state index contributed by atoms with van der Waals surface area (Å²) in [5, 5.41) is 9.81. The van der Waals surface area contributed by atoms with Crippen molar-refractivity contribution >= 4 is 63.8 Å². The number of hydrogen-bond donors (Lipinski definition) is 0. The molecule has 0 bridgehead atoms. The van der Waals surface area contributed by atoms with Gasteiger partial charge in [-0.3, -0.25) is 0 Å². The third-order valence-corrected chi connectivity index (χ3v) is 10.9. The molecule has 0 aliphatic carbocycles. The fraction of sp³-hybridized carbons (Fsp3) is 0. The van der Waals surface area contributed by atoms with Gasteiger partial charge in [0.2, 0.25) is 0 Å². The molecule has 0 atom stereocenters. The number of benzene rings is 8. The highest BCUT2D eigenvalue weighted by Crippen LogP contribution is 2.43. The normalized spacial score (nSPS) is 11.7. The van der Waals surface area contributed by atoms with Gasteiger partial charge in [-0.15, -0.1) is 11.3 Å². The molecular weight excluding hydrogens is 613 g/mol. The molecular formula is C46H28N2S. The van der Waals surface area contributed by atoms with Crippen LogP contribution in [0.1, 0.15) is 0 Å². The van der Waals surface area contributed by atoms with Crippen LogP contribution in [0.2, 0.25) is 0 Å². The van der Waals surface area contributed by atoms with E-state index in [1.54, 1.807) is 0 Å². The van der Waals surface area contributed by atoms with E-state index < -0.39 is 0 Å². The summed E-state index contributed by atoms with van der Waals surface area (Å²) >= 11 is 1.83. The van der Waals surface area contributed by atoms with E-state index in [9.17, 15) is 0 Å². The Morgan fingerprint density at radius 1 is 0.367 bits per heavy atom. The highest BCUT2D eigenvalue weighted by molar-refractivity contribution is 7.26. The fourth-order valence-electron chi connectivity index (χ4n) is 7.33. The van der Waals surface area contributed by atoms with Crippen molar-refractivity contribution in [2.45, 2.75) is 0 Å². The van der Waals surface area contributed by atoms with Gasteiger partial charge in [0.15, 0.2) is 5.82 Å². The second-order valence-electron chi connectivity index (χ2n) is 12.5. The largest absolute Gasteiger partial charge is 0.228 e. The minimum atomic E-state index is 0.715. The smallest absolute Gasteiger partial charge is 0.160 e. The Kier molecular flexibility index (Phi) is 6.39. The van der Waals surface area contributed by atoms with E-state index in [1.807, 2.05) is 11.3 Å². The lowest BCUT2D eigenvalue weighted by atomic mass is 9.91. The average molecular weight is 641 g/mol. The van der Waals surface area contributed by atoms with Gasteiger partial charge in [-0.05, 0) is 61.6 Å². The van der Waals surface area contributed by atoms with Crippen LogP contribution in [0, 0.1) is 0 Å². The van der Waals surface area contributed by atoms with Crippen molar-refractivity contribution in [2.24, 2.45) is 0 Å². The quantitative estimate of drug-likeness (QED) is 0.141. The Bertz CT molecular complexity index is 2870. The summed E-state index contributed by atoms with van der Waals surface area (Å²) in [6.07, 6.45) is 0. The Balaban J connectivity index is 1.27. The number of hydrogen-bond acceptors (Lipinski definition) is 3. The van der Waals surface area contributed by atoms with E-state index in [0.717, 1.165) is 28.1 Å². The molecule has 0 saturated carbocycles.